The summed E-state index contributed by atoms with van der Waals surface area (Å²) in [6.45, 7) is 0. The largest absolute Gasteiger partial charge is 0.807 e. The Balaban J connectivity index is 3.17. The van der Waals surface area contributed by atoms with Gasteiger partial charge in [-0.1, -0.05) is 12.1 Å². The highest BCUT2D eigenvalue weighted by molar-refractivity contribution is 7.57. The van der Waals surface area contributed by atoms with E-state index in [1.165, 1.54) is 18.2 Å². The molecule has 5 heteroatoms. The van der Waals surface area contributed by atoms with Crippen LogP contribution in [0.2, 0.25) is 0 Å². The van der Waals surface area contributed by atoms with Gasteiger partial charge in [0.1, 0.15) is 0 Å². The Bertz CT molecular complexity index is 306. The average molecular weight is 171 g/mol. The summed E-state index contributed by atoms with van der Waals surface area (Å²) >= 11 is 0. The number of benzene rings is 1. The third-order valence-electron chi connectivity index (χ3n) is 1.19. The average Bonchev–Trinajstić information content (AvgIpc) is 1.86. The van der Waals surface area contributed by atoms with Gasteiger partial charge in [0.05, 0.1) is 0 Å². The van der Waals surface area contributed by atoms with Crippen LogP contribution in [-0.4, -0.2) is 0 Å². The van der Waals surface area contributed by atoms with Crippen LogP contribution >= 0.6 is 7.60 Å². The van der Waals surface area contributed by atoms with E-state index in [9.17, 15) is 14.4 Å². The van der Waals surface area contributed by atoms with Gasteiger partial charge in [0, 0.05) is 5.69 Å². The van der Waals surface area contributed by atoms with E-state index in [4.69, 9.17) is 5.73 Å². The van der Waals surface area contributed by atoms with Gasteiger partial charge in [-0.15, -0.1) is 0 Å². The summed E-state index contributed by atoms with van der Waals surface area (Å²) in [6.07, 6.45) is 0. The molecule has 0 bridgehead atoms. The van der Waals surface area contributed by atoms with Crippen LogP contribution in [0, 0.1) is 0 Å². The molecule has 0 unspecified atom stereocenters. The first-order valence-electron chi connectivity index (χ1n) is 2.88. The van der Waals surface area contributed by atoms with E-state index in [-0.39, 0.29) is 11.0 Å². The minimum Gasteiger partial charge on any atom is -0.807 e. The molecule has 0 radical (unpaired) electrons. The zero-order valence-electron chi connectivity index (χ0n) is 5.56. The van der Waals surface area contributed by atoms with E-state index in [0.717, 1.165) is 6.07 Å². The molecule has 1 aromatic rings. The summed E-state index contributed by atoms with van der Waals surface area (Å²) in [5.41, 5.74) is 5.53. The van der Waals surface area contributed by atoms with Gasteiger partial charge in [-0.25, -0.2) is 0 Å². The second kappa shape index (κ2) is 2.66. The number of anilines is 1. The minimum atomic E-state index is -4.63. The van der Waals surface area contributed by atoms with Crippen molar-refractivity contribution in [1.82, 2.24) is 0 Å². The van der Waals surface area contributed by atoms with E-state index < -0.39 is 7.60 Å². The van der Waals surface area contributed by atoms with Crippen LogP contribution in [-0.2, 0) is 4.57 Å². The van der Waals surface area contributed by atoms with Gasteiger partial charge >= 0.3 is 0 Å². The molecule has 1 rings (SSSR count). The van der Waals surface area contributed by atoms with Crippen LogP contribution in [0.25, 0.3) is 0 Å². The lowest BCUT2D eigenvalue weighted by Gasteiger charge is -2.29. The first kappa shape index (κ1) is 8.27. The van der Waals surface area contributed by atoms with Gasteiger partial charge in [0.2, 0.25) is 0 Å². The topological polar surface area (TPSA) is 89.2 Å². The van der Waals surface area contributed by atoms with Crippen LogP contribution in [0.3, 0.4) is 0 Å². The zero-order valence-corrected chi connectivity index (χ0v) is 6.45. The SMILES string of the molecule is Nc1cccc(P(=O)([O-])[O-])c1. The van der Waals surface area contributed by atoms with Crippen LogP contribution in [0.15, 0.2) is 24.3 Å². The maximum Gasteiger partial charge on any atom is 0.0320 e. The van der Waals surface area contributed by atoms with Crippen molar-refractivity contribution in [2.45, 2.75) is 0 Å². The van der Waals surface area contributed by atoms with Gasteiger partial charge in [0.25, 0.3) is 0 Å². The maximum atomic E-state index is 10.4. The molecule has 0 aliphatic rings. The molecule has 0 aromatic heterocycles. The summed E-state index contributed by atoms with van der Waals surface area (Å²) in [5.74, 6) is 0. The fraction of sp³-hybridized carbons (Fsp3) is 0. The van der Waals surface area contributed by atoms with Crippen molar-refractivity contribution in [2.75, 3.05) is 5.73 Å². The Morgan fingerprint density at radius 3 is 2.36 bits per heavy atom. The van der Waals surface area contributed by atoms with E-state index in [1.54, 1.807) is 0 Å². The number of rotatable bonds is 1. The summed E-state index contributed by atoms with van der Waals surface area (Å²) in [6, 6.07) is 5.30. The normalized spacial score (nSPS) is 11.5. The van der Waals surface area contributed by atoms with Crippen molar-refractivity contribution in [3.63, 3.8) is 0 Å². The van der Waals surface area contributed by atoms with Crippen molar-refractivity contribution in [3.05, 3.63) is 24.3 Å². The smallest absolute Gasteiger partial charge is 0.0320 e. The molecule has 0 aliphatic heterocycles. The standard InChI is InChI=1S/C6H8NO3P/c7-5-2-1-3-6(4-5)11(8,9)10/h1-4H,7H2,(H2,8,9,10)/p-2. The van der Waals surface area contributed by atoms with Crippen molar-refractivity contribution >= 4 is 18.6 Å². The molecule has 0 spiro atoms. The molecule has 1 aromatic carbocycles. The fourth-order valence-electron chi connectivity index (χ4n) is 0.695. The number of nitrogen functional groups attached to an aromatic ring is 1. The Morgan fingerprint density at radius 1 is 1.36 bits per heavy atom. The Morgan fingerprint density at radius 2 is 2.00 bits per heavy atom. The molecular weight excluding hydrogens is 165 g/mol. The second-order valence-electron chi connectivity index (χ2n) is 2.09. The molecule has 11 heavy (non-hydrogen) atoms. The fourth-order valence-corrected chi connectivity index (χ4v) is 1.27. The van der Waals surface area contributed by atoms with E-state index in [2.05, 4.69) is 0 Å². The van der Waals surface area contributed by atoms with Gasteiger partial charge in [0.15, 0.2) is 0 Å². The third kappa shape index (κ3) is 2.05. The Hall–Kier alpha value is -0.830. The van der Waals surface area contributed by atoms with Crippen LogP contribution in [0.4, 0.5) is 5.69 Å². The monoisotopic (exact) mass is 171 g/mol. The first-order chi connectivity index (χ1) is 5.00. The number of hydrogen-bond acceptors (Lipinski definition) is 4. The van der Waals surface area contributed by atoms with Gasteiger partial charge < -0.3 is 20.1 Å². The zero-order chi connectivity index (χ0) is 8.48. The lowest BCUT2D eigenvalue weighted by molar-refractivity contribution is -0.307. The molecule has 0 saturated carbocycles. The van der Waals surface area contributed by atoms with E-state index in [0.29, 0.717) is 0 Å². The number of nitrogens with two attached hydrogens (primary N) is 1. The van der Waals surface area contributed by atoms with E-state index in [1.807, 2.05) is 0 Å². The van der Waals surface area contributed by atoms with Crippen LogP contribution in [0.5, 0.6) is 0 Å². The summed E-state index contributed by atoms with van der Waals surface area (Å²) < 4.78 is 10.4. The van der Waals surface area contributed by atoms with Crippen LogP contribution < -0.4 is 20.8 Å². The third-order valence-corrected chi connectivity index (χ3v) is 2.10. The molecule has 0 saturated heterocycles. The molecular formula is C6H6NO3P-2. The molecule has 60 valence electrons. The Labute approximate surface area is 63.8 Å². The summed E-state index contributed by atoms with van der Waals surface area (Å²) in [4.78, 5) is 20.8. The summed E-state index contributed by atoms with van der Waals surface area (Å²) in [7, 11) is -4.63. The Kier molecular flexibility index (Phi) is 2.00. The van der Waals surface area contributed by atoms with Gasteiger partial charge in [-0.2, -0.15) is 0 Å². The van der Waals surface area contributed by atoms with E-state index >= 15 is 0 Å². The molecule has 0 heterocycles. The van der Waals surface area contributed by atoms with Crippen molar-refractivity contribution in [1.29, 1.82) is 0 Å². The molecule has 0 atom stereocenters. The first-order valence-corrected chi connectivity index (χ1v) is 4.42. The summed E-state index contributed by atoms with van der Waals surface area (Å²) in [5, 5.41) is -0.266. The highest BCUT2D eigenvalue weighted by atomic mass is 31.2. The number of hydrogen-bond donors (Lipinski definition) is 1. The van der Waals surface area contributed by atoms with Crippen molar-refractivity contribution in [2.24, 2.45) is 0 Å². The van der Waals surface area contributed by atoms with Crippen molar-refractivity contribution < 1.29 is 14.4 Å². The molecule has 0 amide bonds. The van der Waals surface area contributed by atoms with Crippen molar-refractivity contribution in [3.8, 4) is 0 Å². The minimum absolute atomic E-state index is 0.266. The molecule has 2 N–H and O–H groups in total. The maximum absolute atomic E-state index is 10.4. The quantitative estimate of drug-likeness (QED) is 0.425. The van der Waals surface area contributed by atoms with Gasteiger partial charge in [-0.3, -0.25) is 0 Å². The lowest BCUT2D eigenvalue weighted by atomic mass is 10.3. The molecule has 0 fully saturated rings. The second-order valence-corrected chi connectivity index (χ2v) is 3.60. The van der Waals surface area contributed by atoms with Crippen LogP contribution in [0.1, 0.15) is 0 Å². The predicted molar refractivity (Wildman–Crippen MR) is 38.1 cm³/mol. The van der Waals surface area contributed by atoms with Gasteiger partial charge in [-0.05, 0) is 25.0 Å². The highest BCUT2D eigenvalue weighted by Gasteiger charge is 1.95. The molecule has 0 aliphatic carbocycles. The molecule has 4 nitrogen and oxygen atoms in total. The highest BCUT2D eigenvalue weighted by Crippen LogP contribution is 2.22. The lowest BCUT2D eigenvalue weighted by Crippen LogP contribution is -2.24. The predicted octanol–water partition coefficient (Wildman–Crippen LogP) is -1.19.